The molecular formula is C20H25N3O2S. The van der Waals surface area contributed by atoms with Gasteiger partial charge in [-0.25, -0.2) is 4.79 Å². The predicted molar refractivity (Wildman–Crippen MR) is 104 cm³/mol. The lowest BCUT2D eigenvalue weighted by atomic mass is 10.1. The van der Waals surface area contributed by atoms with Crippen LogP contribution in [0, 0.1) is 0 Å². The van der Waals surface area contributed by atoms with Crippen LogP contribution >= 0.6 is 11.8 Å². The molecule has 2 heterocycles. The van der Waals surface area contributed by atoms with Gasteiger partial charge in [-0.15, -0.1) is 11.8 Å². The number of thioether (sulfide) groups is 1. The third-order valence-electron chi connectivity index (χ3n) is 4.45. The predicted octanol–water partition coefficient (Wildman–Crippen LogP) is 3.69. The summed E-state index contributed by atoms with van der Waals surface area (Å²) >= 11 is 1.71. The van der Waals surface area contributed by atoms with E-state index >= 15 is 0 Å². The Hall–Kier alpha value is -2.05. The maximum atomic E-state index is 12.5. The van der Waals surface area contributed by atoms with Crippen LogP contribution in [0.5, 0.6) is 0 Å². The summed E-state index contributed by atoms with van der Waals surface area (Å²) in [6.45, 7) is 2.50. The number of hydrogen-bond donors (Lipinski definition) is 1. The number of carbonyl (C=O) groups is 1. The first kappa shape index (κ1) is 18.7. The first-order valence-electron chi connectivity index (χ1n) is 8.91. The highest BCUT2D eigenvalue weighted by atomic mass is 32.2. The van der Waals surface area contributed by atoms with Gasteiger partial charge in [0.05, 0.1) is 12.7 Å². The molecule has 0 bridgehead atoms. The highest BCUT2D eigenvalue weighted by Gasteiger charge is 2.24. The molecule has 2 aromatic rings. The minimum absolute atomic E-state index is 0.0192. The standard InChI is InChI=1S/C20H25N3O2S/c1-26-19-8-2-5-16(11-19)13-22-20(24)23-10-4-7-18(14-23)25-15-17-6-3-9-21-12-17/h2-3,5-6,8-9,11-12,18H,4,7,10,13-15H2,1H3,(H,22,24)/t18-/m0/s1. The third kappa shape index (κ3) is 5.47. The van der Waals surface area contributed by atoms with Crippen LogP contribution in [0.15, 0.2) is 53.7 Å². The van der Waals surface area contributed by atoms with Gasteiger partial charge in [-0.2, -0.15) is 0 Å². The Bertz CT molecular complexity index is 711. The molecule has 0 aliphatic carbocycles. The van der Waals surface area contributed by atoms with Crippen LogP contribution < -0.4 is 5.32 Å². The van der Waals surface area contributed by atoms with E-state index in [1.54, 1.807) is 18.0 Å². The van der Waals surface area contributed by atoms with Crippen molar-refractivity contribution in [1.29, 1.82) is 0 Å². The van der Waals surface area contributed by atoms with Crippen molar-refractivity contribution in [2.45, 2.75) is 37.0 Å². The lowest BCUT2D eigenvalue weighted by molar-refractivity contribution is -0.000459. The van der Waals surface area contributed by atoms with Crippen molar-refractivity contribution in [2.75, 3.05) is 19.3 Å². The molecule has 1 atom stereocenters. The van der Waals surface area contributed by atoms with Gasteiger partial charge in [0, 0.05) is 36.9 Å². The van der Waals surface area contributed by atoms with Gasteiger partial charge in [-0.3, -0.25) is 4.98 Å². The van der Waals surface area contributed by atoms with E-state index in [0.29, 0.717) is 19.7 Å². The van der Waals surface area contributed by atoms with Crippen molar-refractivity contribution in [3.8, 4) is 0 Å². The zero-order valence-corrected chi connectivity index (χ0v) is 15.9. The van der Waals surface area contributed by atoms with Crippen LogP contribution in [0.25, 0.3) is 0 Å². The third-order valence-corrected chi connectivity index (χ3v) is 5.18. The molecule has 138 valence electrons. The fourth-order valence-electron chi connectivity index (χ4n) is 3.03. The second-order valence-electron chi connectivity index (χ2n) is 6.39. The van der Waals surface area contributed by atoms with E-state index in [9.17, 15) is 4.79 Å². The summed E-state index contributed by atoms with van der Waals surface area (Å²) in [5, 5.41) is 3.03. The zero-order valence-electron chi connectivity index (χ0n) is 15.1. The van der Waals surface area contributed by atoms with Crippen molar-refractivity contribution in [3.05, 3.63) is 59.9 Å². The summed E-state index contributed by atoms with van der Waals surface area (Å²) < 4.78 is 5.98. The van der Waals surface area contributed by atoms with E-state index in [1.165, 1.54) is 4.90 Å². The number of hydrogen-bond acceptors (Lipinski definition) is 4. The van der Waals surface area contributed by atoms with E-state index in [1.807, 2.05) is 35.4 Å². The molecule has 0 saturated carbocycles. The number of nitrogens with zero attached hydrogens (tertiary/aromatic N) is 2. The summed E-state index contributed by atoms with van der Waals surface area (Å²) in [6, 6.07) is 12.1. The molecule has 0 spiro atoms. The molecule has 1 aromatic heterocycles. The largest absolute Gasteiger partial charge is 0.372 e. The van der Waals surface area contributed by atoms with Gasteiger partial charge in [0.1, 0.15) is 0 Å². The number of urea groups is 1. The molecule has 26 heavy (non-hydrogen) atoms. The second-order valence-corrected chi connectivity index (χ2v) is 7.27. The Labute approximate surface area is 159 Å². The number of ether oxygens (including phenoxy) is 1. The number of amides is 2. The van der Waals surface area contributed by atoms with Gasteiger partial charge < -0.3 is 15.0 Å². The fourth-order valence-corrected chi connectivity index (χ4v) is 3.51. The monoisotopic (exact) mass is 371 g/mol. The Balaban J connectivity index is 1.46. The van der Waals surface area contributed by atoms with Crippen LogP contribution in [0.1, 0.15) is 24.0 Å². The minimum Gasteiger partial charge on any atom is -0.372 e. The van der Waals surface area contributed by atoms with Crippen molar-refractivity contribution in [2.24, 2.45) is 0 Å². The lowest BCUT2D eigenvalue weighted by Crippen LogP contribution is -2.47. The van der Waals surface area contributed by atoms with Crippen LogP contribution in [-0.2, 0) is 17.9 Å². The van der Waals surface area contributed by atoms with Crippen LogP contribution in [0.2, 0.25) is 0 Å². The Morgan fingerprint density at radius 3 is 3.04 bits per heavy atom. The van der Waals surface area contributed by atoms with Gasteiger partial charge >= 0.3 is 6.03 Å². The van der Waals surface area contributed by atoms with Crippen molar-refractivity contribution < 1.29 is 9.53 Å². The summed E-state index contributed by atoms with van der Waals surface area (Å²) in [5.41, 5.74) is 2.18. The van der Waals surface area contributed by atoms with Gasteiger partial charge in [0.25, 0.3) is 0 Å². The Morgan fingerprint density at radius 2 is 2.23 bits per heavy atom. The number of benzene rings is 1. The number of aromatic nitrogens is 1. The van der Waals surface area contributed by atoms with Crippen LogP contribution in [-0.4, -0.2) is 41.4 Å². The van der Waals surface area contributed by atoms with Crippen molar-refractivity contribution in [1.82, 2.24) is 15.2 Å². The van der Waals surface area contributed by atoms with Gasteiger partial charge in [-0.05, 0) is 48.4 Å². The van der Waals surface area contributed by atoms with Crippen LogP contribution in [0.4, 0.5) is 4.79 Å². The highest BCUT2D eigenvalue weighted by molar-refractivity contribution is 7.98. The summed E-state index contributed by atoms with van der Waals surface area (Å²) in [5.74, 6) is 0. The van der Waals surface area contributed by atoms with E-state index in [-0.39, 0.29) is 12.1 Å². The second kappa shape index (κ2) is 9.59. The molecule has 1 aliphatic rings. The highest BCUT2D eigenvalue weighted by Crippen LogP contribution is 2.17. The average Bonchev–Trinajstić information content (AvgIpc) is 2.71. The molecule has 1 aliphatic heterocycles. The average molecular weight is 372 g/mol. The topological polar surface area (TPSA) is 54.5 Å². The van der Waals surface area contributed by atoms with Gasteiger partial charge in [0.2, 0.25) is 0 Å². The molecule has 1 aromatic carbocycles. The quantitative estimate of drug-likeness (QED) is 0.787. The molecule has 1 fully saturated rings. The molecule has 0 radical (unpaired) electrons. The molecule has 0 unspecified atom stereocenters. The molecular weight excluding hydrogens is 346 g/mol. The summed E-state index contributed by atoms with van der Waals surface area (Å²) in [6.07, 6.45) is 7.65. The molecule has 3 rings (SSSR count). The first-order valence-corrected chi connectivity index (χ1v) is 10.1. The van der Waals surface area contributed by atoms with Crippen molar-refractivity contribution in [3.63, 3.8) is 0 Å². The maximum absolute atomic E-state index is 12.5. The molecule has 5 nitrogen and oxygen atoms in total. The number of likely N-dealkylation sites (tertiary alicyclic amines) is 1. The molecule has 1 N–H and O–H groups in total. The maximum Gasteiger partial charge on any atom is 0.317 e. The number of pyridine rings is 1. The fraction of sp³-hybridized carbons (Fsp3) is 0.400. The Morgan fingerprint density at radius 1 is 1.35 bits per heavy atom. The Kier molecular flexibility index (Phi) is 6.91. The van der Waals surface area contributed by atoms with Crippen molar-refractivity contribution >= 4 is 17.8 Å². The lowest BCUT2D eigenvalue weighted by Gasteiger charge is -2.32. The molecule has 2 amide bonds. The molecule has 1 saturated heterocycles. The number of nitrogens with one attached hydrogen (secondary N) is 1. The van der Waals surface area contributed by atoms with E-state index in [2.05, 4.69) is 28.7 Å². The van der Waals surface area contributed by atoms with E-state index in [4.69, 9.17) is 4.74 Å². The summed E-state index contributed by atoms with van der Waals surface area (Å²) in [4.78, 5) is 19.7. The number of piperidine rings is 1. The zero-order chi connectivity index (χ0) is 18.2. The minimum atomic E-state index is -0.0192. The first-order chi connectivity index (χ1) is 12.7. The summed E-state index contributed by atoms with van der Waals surface area (Å²) in [7, 11) is 0. The van der Waals surface area contributed by atoms with Gasteiger partial charge in [-0.1, -0.05) is 18.2 Å². The number of carbonyl (C=O) groups excluding carboxylic acids is 1. The number of rotatable bonds is 6. The SMILES string of the molecule is CSc1cccc(CNC(=O)N2CCC[C@H](OCc3cccnc3)C2)c1. The van der Waals surface area contributed by atoms with Gasteiger partial charge in [0.15, 0.2) is 0 Å². The molecule has 6 heteroatoms. The van der Waals surface area contributed by atoms with E-state index in [0.717, 1.165) is 30.5 Å². The normalized spacial score (nSPS) is 17.1. The van der Waals surface area contributed by atoms with Crippen LogP contribution in [0.3, 0.4) is 0 Å². The smallest absolute Gasteiger partial charge is 0.317 e. The van der Waals surface area contributed by atoms with E-state index < -0.39 is 0 Å².